The number of carboxylic acid groups (broad SMARTS) is 1. The number of rotatable bonds is 9. The molecule has 1 unspecified atom stereocenters. The summed E-state index contributed by atoms with van der Waals surface area (Å²) >= 11 is 0. The molecule has 1 aromatic carbocycles. The average Bonchev–Trinajstić information content (AvgIpc) is 2.99. The van der Waals surface area contributed by atoms with Gasteiger partial charge in [0.15, 0.2) is 0 Å². The minimum atomic E-state index is -3.74. The van der Waals surface area contributed by atoms with E-state index in [1.165, 1.54) is 11.0 Å². The molecule has 1 atom stereocenters. The number of benzene rings is 1. The Hall–Kier alpha value is -2.33. The summed E-state index contributed by atoms with van der Waals surface area (Å²) in [4.78, 5) is 11.2. The van der Waals surface area contributed by atoms with Crippen LogP contribution in [-0.4, -0.2) is 45.7 Å². The van der Waals surface area contributed by atoms with Crippen molar-refractivity contribution < 1.29 is 18.3 Å². The van der Waals surface area contributed by atoms with Crippen molar-refractivity contribution in [2.75, 3.05) is 0 Å². The first-order chi connectivity index (χ1) is 11.0. The van der Waals surface area contributed by atoms with Crippen molar-refractivity contribution in [1.29, 1.82) is 0 Å². The zero-order valence-corrected chi connectivity index (χ0v) is 13.1. The van der Waals surface area contributed by atoms with Gasteiger partial charge in [-0.1, -0.05) is 30.3 Å². The van der Waals surface area contributed by atoms with Gasteiger partial charge in [-0.15, -0.1) is 5.10 Å². The Morgan fingerprint density at radius 1 is 1.30 bits per heavy atom. The number of hydrogen-bond donors (Lipinski definition) is 2. The highest BCUT2D eigenvalue weighted by Gasteiger charge is 2.23. The Labute approximate surface area is 133 Å². The minimum Gasteiger partial charge on any atom is -0.480 e. The van der Waals surface area contributed by atoms with E-state index in [4.69, 9.17) is 0 Å². The van der Waals surface area contributed by atoms with Gasteiger partial charge < -0.3 is 5.11 Å². The number of aryl methyl sites for hydroxylation is 1. The first-order valence-electron chi connectivity index (χ1n) is 6.94. The molecule has 0 spiro atoms. The van der Waals surface area contributed by atoms with Crippen LogP contribution >= 0.6 is 0 Å². The summed E-state index contributed by atoms with van der Waals surface area (Å²) < 4.78 is 27.9. The highest BCUT2D eigenvalue weighted by molar-refractivity contribution is 7.88. The third kappa shape index (κ3) is 5.75. The Bertz CT molecular complexity index is 718. The molecule has 0 aliphatic carbocycles. The lowest BCUT2D eigenvalue weighted by atomic mass is 10.2. The monoisotopic (exact) mass is 339 g/mol. The van der Waals surface area contributed by atoms with Crippen molar-refractivity contribution in [2.45, 2.75) is 31.2 Å². The topological polar surface area (TPSA) is 127 Å². The number of hydrogen-bond acceptors (Lipinski definition) is 6. The van der Waals surface area contributed by atoms with Crippen molar-refractivity contribution >= 4 is 16.0 Å². The van der Waals surface area contributed by atoms with Gasteiger partial charge in [0.05, 0.1) is 5.75 Å². The van der Waals surface area contributed by atoms with Crippen molar-refractivity contribution in [3.8, 4) is 0 Å². The molecule has 0 amide bonds. The van der Waals surface area contributed by atoms with Gasteiger partial charge in [-0.05, 0) is 28.8 Å². The van der Waals surface area contributed by atoms with Gasteiger partial charge >= 0.3 is 5.97 Å². The summed E-state index contributed by atoms with van der Waals surface area (Å²) in [6, 6.07) is 7.40. The van der Waals surface area contributed by atoms with E-state index in [1.54, 1.807) is 30.3 Å². The maximum atomic E-state index is 12.1. The molecule has 0 aliphatic rings. The fourth-order valence-electron chi connectivity index (χ4n) is 2.03. The number of nitrogens with zero attached hydrogens (tertiary/aromatic N) is 4. The molecule has 124 valence electrons. The molecule has 0 radical (unpaired) electrons. The third-order valence-electron chi connectivity index (χ3n) is 3.09. The van der Waals surface area contributed by atoms with Gasteiger partial charge in [0.25, 0.3) is 0 Å². The van der Waals surface area contributed by atoms with Gasteiger partial charge in [0.2, 0.25) is 10.0 Å². The van der Waals surface area contributed by atoms with Crippen LogP contribution in [0.5, 0.6) is 0 Å². The lowest BCUT2D eigenvalue weighted by molar-refractivity contribution is -0.139. The van der Waals surface area contributed by atoms with E-state index in [0.29, 0.717) is 18.5 Å². The molecular weight excluding hydrogens is 322 g/mol. The normalized spacial score (nSPS) is 12.9. The van der Waals surface area contributed by atoms with E-state index < -0.39 is 22.0 Å². The Balaban J connectivity index is 1.91. The lowest BCUT2D eigenvalue weighted by Crippen LogP contribution is -2.41. The van der Waals surface area contributed by atoms with Crippen molar-refractivity contribution in [3.05, 3.63) is 42.2 Å². The van der Waals surface area contributed by atoms with E-state index >= 15 is 0 Å². The van der Waals surface area contributed by atoms with Crippen LogP contribution in [0.1, 0.15) is 18.4 Å². The SMILES string of the molecule is O=C(O)C(CCCn1cnnn1)NS(=O)(=O)Cc1ccccc1. The zero-order chi connectivity index (χ0) is 16.7. The van der Waals surface area contributed by atoms with Crippen LogP contribution in [-0.2, 0) is 27.1 Å². The molecule has 2 N–H and O–H groups in total. The summed E-state index contributed by atoms with van der Waals surface area (Å²) in [7, 11) is -3.74. The highest BCUT2D eigenvalue weighted by atomic mass is 32.2. The second-order valence-corrected chi connectivity index (χ2v) is 6.72. The maximum Gasteiger partial charge on any atom is 0.321 e. The van der Waals surface area contributed by atoms with Crippen LogP contribution in [0.25, 0.3) is 0 Å². The van der Waals surface area contributed by atoms with E-state index in [-0.39, 0.29) is 12.2 Å². The molecule has 9 nitrogen and oxygen atoms in total. The molecule has 0 aliphatic heterocycles. The van der Waals surface area contributed by atoms with Crippen LogP contribution in [0.2, 0.25) is 0 Å². The zero-order valence-electron chi connectivity index (χ0n) is 12.2. The number of carboxylic acids is 1. The average molecular weight is 339 g/mol. The van der Waals surface area contributed by atoms with Crippen molar-refractivity contribution in [2.24, 2.45) is 0 Å². The Kier molecular flexibility index (Phi) is 5.77. The van der Waals surface area contributed by atoms with Crippen LogP contribution in [0.4, 0.5) is 0 Å². The molecule has 10 heteroatoms. The smallest absolute Gasteiger partial charge is 0.321 e. The first kappa shape index (κ1) is 17.0. The fourth-order valence-corrected chi connectivity index (χ4v) is 3.39. The quantitative estimate of drug-likeness (QED) is 0.659. The lowest BCUT2D eigenvalue weighted by Gasteiger charge is -2.14. The predicted octanol–water partition coefficient (Wildman–Crippen LogP) is 0.0261. The molecule has 23 heavy (non-hydrogen) atoms. The molecule has 0 saturated heterocycles. The van der Waals surface area contributed by atoms with Crippen molar-refractivity contribution in [3.63, 3.8) is 0 Å². The molecule has 2 aromatic rings. The minimum absolute atomic E-state index is 0.142. The number of sulfonamides is 1. The Morgan fingerprint density at radius 2 is 2.04 bits per heavy atom. The van der Waals surface area contributed by atoms with E-state index in [9.17, 15) is 18.3 Å². The fraction of sp³-hybridized carbons (Fsp3) is 0.385. The van der Waals surface area contributed by atoms with Crippen LogP contribution in [0.3, 0.4) is 0 Å². The van der Waals surface area contributed by atoms with Gasteiger partial charge in [-0.3, -0.25) is 4.79 Å². The summed E-state index contributed by atoms with van der Waals surface area (Å²) in [5, 5.41) is 19.8. The van der Waals surface area contributed by atoms with Gasteiger partial charge in [-0.2, -0.15) is 0 Å². The van der Waals surface area contributed by atoms with Gasteiger partial charge in [-0.25, -0.2) is 17.8 Å². The largest absolute Gasteiger partial charge is 0.480 e. The van der Waals surface area contributed by atoms with Gasteiger partial charge in [0.1, 0.15) is 12.4 Å². The summed E-state index contributed by atoms with van der Waals surface area (Å²) in [5.41, 5.74) is 0.595. The number of tetrazole rings is 1. The molecule has 0 saturated carbocycles. The van der Waals surface area contributed by atoms with Crippen LogP contribution in [0, 0.1) is 0 Å². The van der Waals surface area contributed by atoms with Crippen LogP contribution < -0.4 is 4.72 Å². The summed E-state index contributed by atoms with van der Waals surface area (Å²) in [6.07, 6.45) is 1.98. The highest BCUT2D eigenvalue weighted by Crippen LogP contribution is 2.07. The summed E-state index contributed by atoms with van der Waals surface area (Å²) in [6.45, 7) is 0.414. The van der Waals surface area contributed by atoms with E-state index in [2.05, 4.69) is 20.2 Å². The molecule has 1 heterocycles. The number of carbonyl (C=O) groups is 1. The maximum absolute atomic E-state index is 12.1. The number of nitrogens with one attached hydrogen (secondary N) is 1. The van der Waals surface area contributed by atoms with Gasteiger partial charge in [0, 0.05) is 6.54 Å². The molecule has 0 fully saturated rings. The second-order valence-electron chi connectivity index (χ2n) is 4.97. The summed E-state index contributed by atoms with van der Waals surface area (Å²) in [5.74, 6) is -1.47. The first-order valence-corrected chi connectivity index (χ1v) is 8.59. The standard InChI is InChI=1S/C13H17N5O4S/c19-13(20)12(7-4-8-18-10-14-16-17-18)15-23(21,22)9-11-5-2-1-3-6-11/h1-3,5-6,10,12,15H,4,7-9H2,(H,19,20). The van der Waals surface area contributed by atoms with Crippen LogP contribution in [0.15, 0.2) is 36.7 Å². The van der Waals surface area contributed by atoms with E-state index in [1.807, 2.05) is 0 Å². The number of aliphatic carboxylic acids is 1. The molecule has 2 rings (SSSR count). The number of aromatic nitrogens is 4. The molecular formula is C13H17N5O4S. The Morgan fingerprint density at radius 3 is 2.65 bits per heavy atom. The third-order valence-corrected chi connectivity index (χ3v) is 4.45. The molecule has 1 aromatic heterocycles. The van der Waals surface area contributed by atoms with E-state index in [0.717, 1.165) is 0 Å². The predicted molar refractivity (Wildman–Crippen MR) is 80.7 cm³/mol. The van der Waals surface area contributed by atoms with Crippen molar-refractivity contribution in [1.82, 2.24) is 24.9 Å². The molecule has 0 bridgehead atoms. The second kappa shape index (κ2) is 7.79.